The van der Waals surface area contributed by atoms with E-state index in [0.29, 0.717) is 25.0 Å². The first-order valence-electron chi connectivity index (χ1n) is 8.76. The van der Waals surface area contributed by atoms with E-state index < -0.39 is 0 Å². The maximum Gasteiger partial charge on any atom is 0.222 e. The van der Waals surface area contributed by atoms with E-state index in [1.807, 2.05) is 22.5 Å². The quantitative estimate of drug-likeness (QED) is 0.922. The molecule has 2 heterocycles. The minimum Gasteiger partial charge on any atom is -0.353 e. The van der Waals surface area contributed by atoms with Crippen molar-refractivity contribution in [2.75, 3.05) is 0 Å². The molecule has 0 aliphatic heterocycles. The van der Waals surface area contributed by atoms with Gasteiger partial charge in [-0.2, -0.15) is 10.2 Å². The fourth-order valence-electron chi connectivity index (χ4n) is 3.50. The maximum atomic E-state index is 12.2. The third-order valence-corrected chi connectivity index (χ3v) is 4.68. The van der Waals surface area contributed by atoms with Crippen LogP contribution in [0.2, 0.25) is 0 Å². The average molecular weight is 317 g/mol. The van der Waals surface area contributed by atoms with Gasteiger partial charge in [-0.3, -0.25) is 14.2 Å². The predicted molar refractivity (Wildman–Crippen MR) is 90.3 cm³/mol. The zero-order valence-corrected chi connectivity index (χ0v) is 14.4. The second-order valence-electron chi connectivity index (χ2n) is 6.88. The van der Waals surface area contributed by atoms with Crippen LogP contribution in [0, 0.1) is 6.92 Å². The van der Waals surface area contributed by atoms with Gasteiger partial charge in [0.1, 0.15) is 11.0 Å². The molecule has 0 radical (unpaired) electrons. The Hall–Kier alpha value is -1.85. The minimum atomic E-state index is 0.134. The molecule has 2 aromatic rings. The number of carbonyl (C=O) groups excluding carboxylic acids is 1. The van der Waals surface area contributed by atoms with Crippen molar-refractivity contribution in [2.45, 2.75) is 77.9 Å². The minimum absolute atomic E-state index is 0.134. The summed E-state index contributed by atoms with van der Waals surface area (Å²) in [7, 11) is 0. The van der Waals surface area contributed by atoms with Crippen molar-refractivity contribution in [1.29, 1.82) is 0 Å². The van der Waals surface area contributed by atoms with Crippen LogP contribution in [0.4, 0.5) is 0 Å². The van der Waals surface area contributed by atoms with Crippen LogP contribution in [0.1, 0.15) is 64.1 Å². The monoisotopic (exact) mass is 317 g/mol. The maximum absolute atomic E-state index is 12.2. The summed E-state index contributed by atoms with van der Waals surface area (Å²) in [6.45, 7) is 6.83. The summed E-state index contributed by atoms with van der Waals surface area (Å²) < 4.78 is 3.91. The number of hydrogen-bond donors (Lipinski definition) is 1. The lowest BCUT2D eigenvalue weighted by atomic mass is 9.95. The number of hydrogen-bond acceptors (Lipinski definition) is 3. The third kappa shape index (κ3) is 3.41. The van der Waals surface area contributed by atoms with Crippen LogP contribution >= 0.6 is 0 Å². The first kappa shape index (κ1) is 16.0. The number of aromatic nitrogens is 4. The molecule has 0 unspecified atom stereocenters. The molecule has 3 rings (SSSR count). The second kappa shape index (κ2) is 6.72. The van der Waals surface area contributed by atoms with E-state index in [-0.39, 0.29) is 5.91 Å². The molecule has 0 spiro atoms. The van der Waals surface area contributed by atoms with Gasteiger partial charge < -0.3 is 5.32 Å². The summed E-state index contributed by atoms with van der Waals surface area (Å²) in [5.74, 6) is 0.134. The van der Waals surface area contributed by atoms with Crippen LogP contribution in [-0.2, 0) is 11.3 Å². The van der Waals surface area contributed by atoms with Crippen molar-refractivity contribution in [1.82, 2.24) is 24.9 Å². The van der Waals surface area contributed by atoms with Gasteiger partial charge in [-0.25, -0.2) is 0 Å². The first-order valence-corrected chi connectivity index (χ1v) is 8.76. The molecule has 1 aliphatic rings. The molecule has 0 saturated heterocycles. The fraction of sp³-hybridized carbons (Fsp3) is 0.706. The highest BCUT2D eigenvalue weighted by Gasteiger charge is 2.18. The number of fused-ring (bicyclic) bond motifs is 1. The molecule has 1 saturated carbocycles. The topological polar surface area (TPSA) is 64.7 Å². The van der Waals surface area contributed by atoms with E-state index in [1.165, 1.54) is 19.3 Å². The molecular weight excluding hydrogens is 290 g/mol. The van der Waals surface area contributed by atoms with Crippen molar-refractivity contribution >= 4 is 16.9 Å². The predicted octanol–water partition coefficient (Wildman–Crippen LogP) is 2.96. The van der Waals surface area contributed by atoms with Crippen molar-refractivity contribution in [2.24, 2.45) is 0 Å². The smallest absolute Gasteiger partial charge is 0.222 e. The van der Waals surface area contributed by atoms with E-state index in [1.54, 1.807) is 0 Å². The summed E-state index contributed by atoms with van der Waals surface area (Å²) >= 11 is 0. The third-order valence-electron chi connectivity index (χ3n) is 4.68. The number of amides is 1. The van der Waals surface area contributed by atoms with Crippen molar-refractivity contribution in [3.63, 3.8) is 0 Å². The van der Waals surface area contributed by atoms with Crippen LogP contribution < -0.4 is 5.32 Å². The van der Waals surface area contributed by atoms with Gasteiger partial charge in [0.25, 0.3) is 0 Å². The van der Waals surface area contributed by atoms with Gasteiger partial charge in [-0.1, -0.05) is 19.3 Å². The summed E-state index contributed by atoms with van der Waals surface area (Å²) in [6, 6.07) is 0.678. The Kier molecular flexibility index (Phi) is 4.68. The molecule has 6 nitrogen and oxygen atoms in total. The van der Waals surface area contributed by atoms with Gasteiger partial charge in [0.05, 0.1) is 18.4 Å². The van der Waals surface area contributed by atoms with Crippen LogP contribution in [0.15, 0.2) is 6.20 Å². The number of aryl methyl sites for hydroxylation is 2. The lowest BCUT2D eigenvalue weighted by Crippen LogP contribution is -2.36. The normalized spacial score (nSPS) is 16.3. The molecular formula is C17H27N5O. The number of rotatable bonds is 5. The standard InChI is InChI=1S/C17H27N5O/c1-12(2)22-15-11-18-21(17(15)13(3)20-22)10-9-16(23)19-14-7-5-4-6-8-14/h11-12,14H,4-10H2,1-3H3,(H,19,23). The van der Waals surface area contributed by atoms with Gasteiger partial charge in [-0.15, -0.1) is 0 Å². The Morgan fingerprint density at radius 1 is 1.35 bits per heavy atom. The van der Waals surface area contributed by atoms with E-state index in [4.69, 9.17) is 0 Å². The summed E-state index contributed by atoms with van der Waals surface area (Å²) in [5, 5.41) is 12.2. The van der Waals surface area contributed by atoms with Crippen LogP contribution in [0.25, 0.3) is 11.0 Å². The Morgan fingerprint density at radius 3 is 2.78 bits per heavy atom. The lowest BCUT2D eigenvalue weighted by Gasteiger charge is -2.22. The molecule has 23 heavy (non-hydrogen) atoms. The van der Waals surface area contributed by atoms with E-state index in [9.17, 15) is 4.79 Å². The highest BCUT2D eigenvalue weighted by Crippen LogP contribution is 2.21. The Balaban J connectivity index is 1.64. The molecule has 2 aromatic heterocycles. The van der Waals surface area contributed by atoms with E-state index in [2.05, 4.69) is 29.4 Å². The Labute approximate surface area is 137 Å². The summed E-state index contributed by atoms with van der Waals surface area (Å²) in [5.41, 5.74) is 3.06. The molecule has 0 bridgehead atoms. The highest BCUT2D eigenvalue weighted by atomic mass is 16.1. The zero-order valence-electron chi connectivity index (χ0n) is 14.4. The highest BCUT2D eigenvalue weighted by molar-refractivity contribution is 5.79. The molecule has 1 aliphatic carbocycles. The molecule has 0 atom stereocenters. The average Bonchev–Trinajstić information content (AvgIpc) is 3.08. The molecule has 0 aromatic carbocycles. The molecule has 1 fully saturated rings. The summed E-state index contributed by atoms with van der Waals surface area (Å²) in [6.07, 6.45) is 8.34. The van der Waals surface area contributed by atoms with Crippen LogP contribution in [-0.4, -0.2) is 31.5 Å². The van der Waals surface area contributed by atoms with Gasteiger partial charge >= 0.3 is 0 Å². The first-order chi connectivity index (χ1) is 11.1. The van der Waals surface area contributed by atoms with Crippen LogP contribution in [0.5, 0.6) is 0 Å². The molecule has 6 heteroatoms. The fourth-order valence-corrected chi connectivity index (χ4v) is 3.50. The largest absolute Gasteiger partial charge is 0.353 e. The Morgan fingerprint density at radius 2 is 2.09 bits per heavy atom. The van der Waals surface area contributed by atoms with Gasteiger partial charge in [0.15, 0.2) is 0 Å². The Bertz CT molecular complexity index is 679. The van der Waals surface area contributed by atoms with Crippen molar-refractivity contribution in [3.05, 3.63) is 11.9 Å². The number of carbonyl (C=O) groups is 1. The van der Waals surface area contributed by atoms with Crippen LogP contribution in [0.3, 0.4) is 0 Å². The lowest BCUT2D eigenvalue weighted by molar-refractivity contribution is -0.122. The van der Waals surface area contributed by atoms with E-state index in [0.717, 1.165) is 29.6 Å². The van der Waals surface area contributed by atoms with Gasteiger partial charge in [0.2, 0.25) is 5.91 Å². The number of nitrogens with zero attached hydrogens (tertiary/aromatic N) is 4. The number of nitrogens with one attached hydrogen (secondary N) is 1. The van der Waals surface area contributed by atoms with Gasteiger partial charge in [0, 0.05) is 18.5 Å². The molecule has 1 N–H and O–H groups in total. The SMILES string of the molecule is Cc1nn(C(C)C)c2cnn(CCC(=O)NC3CCCCC3)c12. The summed E-state index contributed by atoms with van der Waals surface area (Å²) in [4.78, 5) is 12.2. The molecule has 126 valence electrons. The molecule has 1 amide bonds. The van der Waals surface area contributed by atoms with Crippen molar-refractivity contribution < 1.29 is 4.79 Å². The van der Waals surface area contributed by atoms with Gasteiger partial charge in [-0.05, 0) is 33.6 Å². The van der Waals surface area contributed by atoms with E-state index >= 15 is 0 Å². The van der Waals surface area contributed by atoms with Crippen molar-refractivity contribution in [3.8, 4) is 0 Å². The zero-order chi connectivity index (χ0) is 16.4. The second-order valence-corrected chi connectivity index (χ2v) is 6.88.